The van der Waals surface area contributed by atoms with Crippen LogP contribution in [0.3, 0.4) is 0 Å². The Bertz CT molecular complexity index is 225. The molecule has 0 atom stereocenters. The quantitative estimate of drug-likeness (QED) is 0.313. The van der Waals surface area contributed by atoms with E-state index in [-0.39, 0.29) is 54.0 Å². The molecule has 0 fully saturated rings. The van der Waals surface area contributed by atoms with E-state index in [1.807, 2.05) is 55.4 Å². The first kappa shape index (κ1) is 43.5. The van der Waals surface area contributed by atoms with Crippen molar-refractivity contribution in [2.45, 2.75) is 67.5 Å². The van der Waals surface area contributed by atoms with Crippen molar-refractivity contribution >= 4 is 71.6 Å². The minimum Gasteiger partial charge on any atom is -0.374 e. The van der Waals surface area contributed by atoms with E-state index in [1.165, 1.54) is 0 Å². The van der Waals surface area contributed by atoms with Crippen LogP contribution in [0.25, 0.3) is 0 Å². The van der Waals surface area contributed by atoms with Gasteiger partial charge in [0.15, 0.2) is 0 Å². The van der Waals surface area contributed by atoms with E-state index in [2.05, 4.69) is 0 Å². The Kier molecular flexibility index (Phi) is 44.4. The van der Waals surface area contributed by atoms with Gasteiger partial charge in [0.05, 0.1) is 0 Å². The second kappa shape index (κ2) is 28.6. The van der Waals surface area contributed by atoms with Crippen LogP contribution in [0.1, 0.15) is 55.4 Å². The lowest BCUT2D eigenvalue weighted by molar-refractivity contribution is 0.0718. The average molecular weight is 521 g/mol. The Morgan fingerprint density at radius 1 is 0.357 bits per heavy atom. The van der Waals surface area contributed by atoms with Gasteiger partial charge in [0.1, 0.15) is 0 Å². The van der Waals surface area contributed by atoms with Gasteiger partial charge >= 0.3 is 17.6 Å². The lowest BCUT2D eigenvalue weighted by Crippen LogP contribution is -2.45. The normalized spacial score (nSPS) is 10.3. The molecule has 28 heavy (non-hydrogen) atoms. The van der Waals surface area contributed by atoms with Crippen molar-refractivity contribution in [2.24, 2.45) is 0 Å². The van der Waals surface area contributed by atoms with E-state index in [0.29, 0.717) is 39.6 Å². The fourth-order valence-electron chi connectivity index (χ4n) is 2.18. The standard InChI is InChI=1S/2C8H20O3Si.4H2S/c2*1-5-9-12(8-4,10-6-2)11-7-3;;;;/h2*5-8H2,1-4H3;4*1H2. The molecule has 180 valence electrons. The summed E-state index contributed by atoms with van der Waals surface area (Å²) >= 11 is 0. The lowest BCUT2D eigenvalue weighted by atomic mass is 10.9. The minimum absolute atomic E-state index is 0. The highest BCUT2D eigenvalue weighted by molar-refractivity contribution is 7.59. The molecular weight excluding hydrogens is 473 g/mol. The third-order valence-electron chi connectivity index (χ3n) is 3.05. The Morgan fingerprint density at radius 2 is 0.500 bits per heavy atom. The van der Waals surface area contributed by atoms with Crippen molar-refractivity contribution in [3.63, 3.8) is 0 Å². The van der Waals surface area contributed by atoms with Crippen LogP contribution in [0.5, 0.6) is 0 Å². The summed E-state index contributed by atoms with van der Waals surface area (Å²) in [6, 6.07) is 1.70. The molecule has 12 heteroatoms. The summed E-state index contributed by atoms with van der Waals surface area (Å²) < 4.78 is 33.3. The first-order chi connectivity index (χ1) is 11.5. The van der Waals surface area contributed by atoms with Gasteiger partial charge in [-0.05, 0) is 41.5 Å². The number of hydrogen-bond acceptors (Lipinski definition) is 6. The van der Waals surface area contributed by atoms with E-state index in [9.17, 15) is 0 Å². The molecule has 0 saturated heterocycles. The summed E-state index contributed by atoms with van der Waals surface area (Å²) in [6.45, 7) is 19.9. The molecule has 0 spiro atoms. The molecule has 0 aliphatic heterocycles. The van der Waals surface area contributed by atoms with Crippen LogP contribution in [-0.4, -0.2) is 57.3 Å². The van der Waals surface area contributed by atoms with Crippen molar-refractivity contribution in [3.8, 4) is 0 Å². The molecular formula is C16H48O6S4Si2. The SMILES string of the molecule is CCO[Si](CC)(OCC)OCC.CCO[Si](CC)(OCC)OCC.S.S.S.S. The zero-order chi connectivity index (χ0) is 18.9. The van der Waals surface area contributed by atoms with Crippen LogP contribution in [0.4, 0.5) is 0 Å². The van der Waals surface area contributed by atoms with Crippen LogP contribution >= 0.6 is 54.0 Å². The monoisotopic (exact) mass is 520 g/mol. The van der Waals surface area contributed by atoms with Crippen molar-refractivity contribution in [1.82, 2.24) is 0 Å². The third kappa shape index (κ3) is 19.6. The summed E-state index contributed by atoms with van der Waals surface area (Å²) in [5.41, 5.74) is 0. The minimum atomic E-state index is -2.27. The Hall–Kier alpha value is 1.59. The van der Waals surface area contributed by atoms with E-state index < -0.39 is 17.6 Å². The molecule has 0 aliphatic rings. The van der Waals surface area contributed by atoms with Crippen molar-refractivity contribution in [1.29, 1.82) is 0 Å². The van der Waals surface area contributed by atoms with Crippen LogP contribution in [-0.2, 0) is 26.6 Å². The fourth-order valence-corrected chi connectivity index (χ4v) is 6.55. The summed E-state index contributed by atoms with van der Waals surface area (Å²) in [4.78, 5) is 0. The van der Waals surface area contributed by atoms with Crippen molar-refractivity contribution in [2.75, 3.05) is 39.6 Å². The molecule has 0 bridgehead atoms. The molecule has 0 saturated carbocycles. The highest BCUT2D eigenvalue weighted by Crippen LogP contribution is 2.15. The van der Waals surface area contributed by atoms with E-state index in [1.54, 1.807) is 0 Å². The molecule has 0 aromatic heterocycles. The van der Waals surface area contributed by atoms with Gasteiger partial charge in [-0.3, -0.25) is 0 Å². The second-order valence-electron chi connectivity index (χ2n) is 4.67. The zero-order valence-corrected chi connectivity index (χ0v) is 25.1. The van der Waals surface area contributed by atoms with Gasteiger partial charge in [-0.2, -0.15) is 54.0 Å². The van der Waals surface area contributed by atoms with Gasteiger partial charge in [-0.25, -0.2) is 0 Å². The van der Waals surface area contributed by atoms with Crippen molar-refractivity contribution < 1.29 is 26.6 Å². The maximum absolute atomic E-state index is 5.55. The molecule has 0 heterocycles. The molecule has 0 aliphatic carbocycles. The van der Waals surface area contributed by atoms with Gasteiger partial charge in [-0.15, -0.1) is 0 Å². The molecule has 0 amide bonds. The maximum Gasteiger partial charge on any atom is 0.500 e. The first-order valence-corrected chi connectivity index (χ1v) is 13.2. The largest absolute Gasteiger partial charge is 0.500 e. The number of rotatable bonds is 14. The van der Waals surface area contributed by atoms with E-state index >= 15 is 0 Å². The summed E-state index contributed by atoms with van der Waals surface area (Å²) in [5, 5.41) is 0. The third-order valence-corrected chi connectivity index (χ3v) is 9.15. The van der Waals surface area contributed by atoms with Gasteiger partial charge in [0.25, 0.3) is 0 Å². The fraction of sp³-hybridized carbons (Fsp3) is 1.00. The zero-order valence-electron chi connectivity index (χ0n) is 19.1. The topological polar surface area (TPSA) is 55.4 Å². The van der Waals surface area contributed by atoms with E-state index in [4.69, 9.17) is 26.6 Å². The Balaban J connectivity index is -0.0000000756. The molecule has 0 radical (unpaired) electrons. The molecule has 0 aromatic rings. The van der Waals surface area contributed by atoms with Crippen LogP contribution in [0.2, 0.25) is 12.1 Å². The first-order valence-electron chi connectivity index (χ1n) is 9.32. The van der Waals surface area contributed by atoms with Crippen LogP contribution in [0.15, 0.2) is 0 Å². The average Bonchev–Trinajstić information content (AvgIpc) is 2.56. The van der Waals surface area contributed by atoms with Crippen LogP contribution < -0.4 is 0 Å². The predicted molar refractivity (Wildman–Crippen MR) is 144 cm³/mol. The molecule has 6 nitrogen and oxygen atoms in total. The number of hydrogen-bond donors (Lipinski definition) is 0. The highest BCUT2D eigenvalue weighted by Gasteiger charge is 2.38. The molecule has 0 N–H and O–H groups in total. The Morgan fingerprint density at radius 3 is 0.571 bits per heavy atom. The van der Waals surface area contributed by atoms with Crippen LogP contribution in [0, 0.1) is 0 Å². The lowest BCUT2D eigenvalue weighted by Gasteiger charge is -2.26. The summed E-state index contributed by atoms with van der Waals surface area (Å²) in [6.07, 6.45) is 0. The molecule has 0 aromatic carbocycles. The van der Waals surface area contributed by atoms with Gasteiger partial charge in [0.2, 0.25) is 0 Å². The second-order valence-corrected chi connectivity index (χ2v) is 10.5. The highest BCUT2D eigenvalue weighted by atomic mass is 32.1. The van der Waals surface area contributed by atoms with Gasteiger partial charge in [0, 0.05) is 51.7 Å². The summed E-state index contributed by atoms with van der Waals surface area (Å²) in [7, 11) is -4.54. The molecule has 0 unspecified atom stereocenters. The Labute approximate surface area is 204 Å². The maximum atomic E-state index is 5.55. The smallest absolute Gasteiger partial charge is 0.374 e. The van der Waals surface area contributed by atoms with Crippen molar-refractivity contribution in [3.05, 3.63) is 0 Å². The van der Waals surface area contributed by atoms with Gasteiger partial charge in [-0.1, -0.05) is 13.8 Å². The van der Waals surface area contributed by atoms with E-state index in [0.717, 1.165) is 12.1 Å². The molecule has 0 rings (SSSR count). The van der Waals surface area contributed by atoms with Gasteiger partial charge < -0.3 is 26.6 Å². The summed E-state index contributed by atoms with van der Waals surface area (Å²) in [5.74, 6) is 0. The predicted octanol–water partition coefficient (Wildman–Crippen LogP) is 4.56.